The lowest BCUT2D eigenvalue weighted by atomic mass is 9.90. The zero-order valence-corrected chi connectivity index (χ0v) is 12.9. The van der Waals surface area contributed by atoms with Gasteiger partial charge in [-0.05, 0) is 30.8 Å². The summed E-state index contributed by atoms with van der Waals surface area (Å²) in [7, 11) is 0. The van der Waals surface area contributed by atoms with Crippen LogP contribution in [-0.2, 0) is 19.0 Å². The van der Waals surface area contributed by atoms with Gasteiger partial charge in [0.1, 0.15) is 6.61 Å². The molecule has 1 N–H and O–H groups in total. The van der Waals surface area contributed by atoms with Gasteiger partial charge in [-0.15, -0.1) is 0 Å². The third-order valence-corrected chi connectivity index (χ3v) is 3.33. The molecular formula is C16H26O5. The Bertz CT molecular complexity index is 362. The maximum Gasteiger partial charge on any atom is 0.373 e. The van der Waals surface area contributed by atoms with E-state index in [1.807, 2.05) is 6.08 Å². The molecule has 0 saturated carbocycles. The van der Waals surface area contributed by atoms with E-state index in [4.69, 9.17) is 19.3 Å². The lowest BCUT2D eigenvalue weighted by Gasteiger charge is -2.30. The van der Waals surface area contributed by atoms with Crippen LogP contribution in [-0.4, -0.2) is 37.2 Å². The Hall–Kier alpha value is -1.33. The number of hydrogen-bond acceptors (Lipinski definition) is 5. The van der Waals surface area contributed by atoms with E-state index >= 15 is 0 Å². The van der Waals surface area contributed by atoms with Crippen molar-refractivity contribution in [1.29, 1.82) is 0 Å². The molecule has 5 heteroatoms. The highest BCUT2D eigenvalue weighted by Crippen LogP contribution is 2.29. The zero-order chi connectivity index (χ0) is 15.7. The number of unbranched alkanes of at least 4 members (excludes halogenated alkanes) is 1. The summed E-state index contributed by atoms with van der Waals surface area (Å²) >= 11 is 0. The molecule has 0 saturated heterocycles. The van der Waals surface area contributed by atoms with Crippen molar-refractivity contribution in [3.63, 3.8) is 0 Å². The van der Waals surface area contributed by atoms with Crippen molar-refractivity contribution in [3.05, 3.63) is 24.5 Å². The fraction of sp³-hybridized carbons (Fsp3) is 0.688. The Morgan fingerprint density at radius 2 is 2.33 bits per heavy atom. The van der Waals surface area contributed by atoms with Gasteiger partial charge < -0.3 is 19.3 Å². The van der Waals surface area contributed by atoms with Crippen molar-refractivity contribution in [2.24, 2.45) is 11.8 Å². The van der Waals surface area contributed by atoms with Crippen LogP contribution in [0.5, 0.6) is 0 Å². The molecule has 0 fully saturated rings. The Kier molecular flexibility index (Phi) is 8.08. The summed E-state index contributed by atoms with van der Waals surface area (Å²) in [6.45, 7) is 8.53. The van der Waals surface area contributed by atoms with Crippen LogP contribution in [0, 0.1) is 11.8 Å². The Morgan fingerprint density at radius 3 is 2.95 bits per heavy atom. The second-order valence-corrected chi connectivity index (χ2v) is 5.41. The minimum Gasteiger partial charge on any atom is -0.458 e. The molecule has 0 bridgehead atoms. The summed E-state index contributed by atoms with van der Waals surface area (Å²) in [6.07, 6.45) is 5.09. The summed E-state index contributed by atoms with van der Waals surface area (Å²) in [5.74, 6) is 0.339. The Labute approximate surface area is 126 Å². The lowest BCUT2D eigenvalue weighted by molar-refractivity contribution is -0.163. The third-order valence-electron chi connectivity index (χ3n) is 3.33. The van der Waals surface area contributed by atoms with Crippen LogP contribution in [0.2, 0.25) is 0 Å². The molecule has 0 aromatic carbocycles. The maximum atomic E-state index is 11.9. The highest BCUT2D eigenvalue weighted by molar-refractivity contribution is 5.86. The number of aliphatic hydroxyl groups excluding tert-OH is 1. The standard InChI is InChI=1S/C16H26O5/c1-4-8-20-16(18)14-10-13(12(2)3)11-15(21-14)19-9-6-5-7-17/h4,10,12-13,15,17H,1,5-9,11H2,2-3H3. The number of carbonyl (C=O) groups excluding carboxylic acids is 1. The lowest BCUT2D eigenvalue weighted by Crippen LogP contribution is -2.30. The van der Waals surface area contributed by atoms with Gasteiger partial charge >= 0.3 is 5.97 Å². The van der Waals surface area contributed by atoms with Crippen LogP contribution in [0.1, 0.15) is 33.1 Å². The quantitative estimate of drug-likeness (QED) is 0.402. The molecule has 0 aromatic rings. The van der Waals surface area contributed by atoms with E-state index in [-0.39, 0.29) is 24.9 Å². The van der Waals surface area contributed by atoms with Crippen LogP contribution in [0.15, 0.2) is 24.5 Å². The van der Waals surface area contributed by atoms with E-state index in [1.54, 1.807) is 0 Å². The third kappa shape index (κ3) is 6.31. The summed E-state index contributed by atoms with van der Waals surface area (Å²) < 4.78 is 16.2. The highest BCUT2D eigenvalue weighted by atomic mass is 16.7. The van der Waals surface area contributed by atoms with Crippen molar-refractivity contribution >= 4 is 5.97 Å². The minimum absolute atomic E-state index is 0.155. The van der Waals surface area contributed by atoms with E-state index in [1.165, 1.54) is 6.08 Å². The van der Waals surface area contributed by atoms with Gasteiger partial charge in [0.25, 0.3) is 0 Å². The number of hydrogen-bond donors (Lipinski definition) is 1. The fourth-order valence-electron chi connectivity index (χ4n) is 2.03. The first-order valence-electron chi connectivity index (χ1n) is 7.47. The number of esters is 1. The Balaban J connectivity index is 2.59. The van der Waals surface area contributed by atoms with Crippen LogP contribution in [0.3, 0.4) is 0 Å². The number of aliphatic hydroxyl groups is 1. The molecular weight excluding hydrogens is 272 g/mol. The van der Waals surface area contributed by atoms with Gasteiger partial charge in [-0.3, -0.25) is 0 Å². The number of carbonyl (C=O) groups is 1. The molecule has 1 heterocycles. The first-order valence-corrected chi connectivity index (χ1v) is 7.47. The molecule has 0 amide bonds. The summed E-state index contributed by atoms with van der Waals surface area (Å²) in [4.78, 5) is 11.9. The molecule has 0 radical (unpaired) electrons. The van der Waals surface area contributed by atoms with Crippen molar-refractivity contribution in [3.8, 4) is 0 Å². The molecule has 1 aliphatic heterocycles. The van der Waals surface area contributed by atoms with Crippen LogP contribution >= 0.6 is 0 Å². The SMILES string of the molecule is C=CCOC(=O)C1=CC(C(C)C)CC(OCCCCO)O1. The molecule has 5 nitrogen and oxygen atoms in total. The Morgan fingerprint density at radius 1 is 1.57 bits per heavy atom. The van der Waals surface area contributed by atoms with Crippen molar-refractivity contribution < 1.29 is 24.1 Å². The zero-order valence-electron chi connectivity index (χ0n) is 12.9. The van der Waals surface area contributed by atoms with Gasteiger partial charge in [-0.1, -0.05) is 26.5 Å². The highest BCUT2D eigenvalue weighted by Gasteiger charge is 2.29. The van der Waals surface area contributed by atoms with Crippen LogP contribution < -0.4 is 0 Å². The van der Waals surface area contributed by atoms with E-state index < -0.39 is 12.3 Å². The molecule has 2 unspecified atom stereocenters. The van der Waals surface area contributed by atoms with Gasteiger partial charge in [0, 0.05) is 13.0 Å². The molecule has 0 aliphatic carbocycles. The van der Waals surface area contributed by atoms with Gasteiger partial charge in [0.15, 0.2) is 0 Å². The number of ether oxygens (including phenoxy) is 3. The normalized spacial score (nSPS) is 21.6. The van der Waals surface area contributed by atoms with Crippen LogP contribution in [0.4, 0.5) is 0 Å². The van der Waals surface area contributed by atoms with Crippen molar-refractivity contribution in [1.82, 2.24) is 0 Å². The van der Waals surface area contributed by atoms with E-state index in [0.717, 1.165) is 12.8 Å². The topological polar surface area (TPSA) is 65.0 Å². The monoisotopic (exact) mass is 298 g/mol. The molecule has 2 atom stereocenters. The maximum absolute atomic E-state index is 11.9. The van der Waals surface area contributed by atoms with Crippen LogP contribution in [0.25, 0.3) is 0 Å². The molecule has 1 aliphatic rings. The van der Waals surface area contributed by atoms with E-state index in [0.29, 0.717) is 18.9 Å². The van der Waals surface area contributed by atoms with Crippen molar-refractivity contribution in [2.75, 3.05) is 19.8 Å². The largest absolute Gasteiger partial charge is 0.458 e. The minimum atomic E-state index is -0.482. The second kappa shape index (κ2) is 9.58. The summed E-state index contributed by atoms with van der Waals surface area (Å²) in [6, 6.07) is 0. The van der Waals surface area contributed by atoms with Gasteiger partial charge in [-0.25, -0.2) is 4.79 Å². The fourth-order valence-corrected chi connectivity index (χ4v) is 2.03. The molecule has 21 heavy (non-hydrogen) atoms. The molecule has 0 aromatic heterocycles. The van der Waals surface area contributed by atoms with Gasteiger partial charge in [-0.2, -0.15) is 0 Å². The van der Waals surface area contributed by atoms with Gasteiger partial charge in [0.2, 0.25) is 12.0 Å². The predicted molar refractivity (Wildman–Crippen MR) is 79.3 cm³/mol. The average molecular weight is 298 g/mol. The predicted octanol–water partition coefficient (Wildman–Crippen LogP) is 2.41. The smallest absolute Gasteiger partial charge is 0.373 e. The summed E-state index contributed by atoms with van der Waals surface area (Å²) in [5.41, 5.74) is 0. The van der Waals surface area contributed by atoms with Gasteiger partial charge in [0.05, 0.1) is 6.61 Å². The average Bonchev–Trinajstić information content (AvgIpc) is 2.48. The first kappa shape index (κ1) is 17.7. The second-order valence-electron chi connectivity index (χ2n) is 5.41. The molecule has 0 spiro atoms. The van der Waals surface area contributed by atoms with E-state index in [9.17, 15) is 4.79 Å². The molecule has 1 rings (SSSR count). The number of allylic oxidation sites excluding steroid dienone is 1. The first-order chi connectivity index (χ1) is 10.1. The summed E-state index contributed by atoms with van der Waals surface area (Å²) in [5, 5.41) is 8.75. The number of rotatable bonds is 9. The van der Waals surface area contributed by atoms with Crippen molar-refractivity contribution in [2.45, 2.75) is 39.4 Å². The molecule has 120 valence electrons. The van der Waals surface area contributed by atoms with E-state index in [2.05, 4.69) is 20.4 Å².